The molecule has 184 valence electrons. The number of hydrogen-bond donors (Lipinski definition) is 2. The zero-order valence-electron chi connectivity index (χ0n) is 19.5. The van der Waals surface area contributed by atoms with Gasteiger partial charge in [0.2, 0.25) is 5.91 Å². The number of carbonyl (C=O) groups is 2. The van der Waals surface area contributed by atoms with E-state index in [0.29, 0.717) is 61.1 Å². The van der Waals surface area contributed by atoms with Crippen molar-refractivity contribution in [3.05, 3.63) is 46.9 Å². The van der Waals surface area contributed by atoms with Crippen LogP contribution in [0.5, 0.6) is 0 Å². The standard InChI is InChI=1S/C26H33F2N3O3/c1-15-4-11-22(25(32)29-15)31-14-20-19(26(31)33)10-5-16(24(20)28)13-23-21(3-2-12-34-23)30-18-8-6-17(27)7-9-18/h5,10,17-18,21-23,30H,1-4,6-9,11-14H2,(H,29,32)/t17-,18+,21-,22+,23+/m0/s1. The molecule has 34 heavy (non-hydrogen) atoms. The van der Waals surface area contributed by atoms with Crippen LogP contribution in [0.25, 0.3) is 0 Å². The van der Waals surface area contributed by atoms with Gasteiger partial charge in [-0.3, -0.25) is 9.59 Å². The zero-order valence-corrected chi connectivity index (χ0v) is 19.5. The Hall–Kier alpha value is -2.32. The molecule has 2 amide bonds. The van der Waals surface area contributed by atoms with E-state index in [2.05, 4.69) is 17.2 Å². The van der Waals surface area contributed by atoms with Gasteiger partial charge in [0.05, 0.1) is 12.6 Å². The summed E-state index contributed by atoms with van der Waals surface area (Å²) in [6, 6.07) is 3.13. The summed E-state index contributed by atoms with van der Waals surface area (Å²) in [4.78, 5) is 26.9. The monoisotopic (exact) mass is 473 g/mol. The maximum absolute atomic E-state index is 15.6. The molecule has 1 aromatic carbocycles. The number of carbonyl (C=O) groups excluding carboxylic acids is 2. The maximum Gasteiger partial charge on any atom is 0.255 e. The van der Waals surface area contributed by atoms with Gasteiger partial charge in [-0.25, -0.2) is 8.78 Å². The average molecular weight is 474 g/mol. The van der Waals surface area contributed by atoms with Crippen molar-refractivity contribution in [3.8, 4) is 0 Å². The average Bonchev–Trinajstić information content (AvgIpc) is 3.15. The van der Waals surface area contributed by atoms with Crippen LogP contribution in [0.3, 0.4) is 0 Å². The fourth-order valence-electron chi connectivity index (χ4n) is 5.86. The third-order valence-corrected chi connectivity index (χ3v) is 7.81. The van der Waals surface area contributed by atoms with E-state index < -0.39 is 12.2 Å². The van der Waals surface area contributed by atoms with Crippen LogP contribution in [0.4, 0.5) is 8.78 Å². The molecule has 6 nitrogen and oxygen atoms in total. The third-order valence-electron chi connectivity index (χ3n) is 7.81. The molecule has 0 bridgehead atoms. The molecule has 1 aromatic rings. The van der Waals surface area contributed by atoms with Crippen LogP contribution in [0.2, 0.25) is 0 Å². The zero-order chi connectivity index (χ0) is 23.8. The molecule has 3 fully saturated rings. The number of rotatable bonds is 5. The van der Waals surface area contributed by atoms with Gasteiger partial charge < -0.3 is 20.3 Å². The number of halogens is 2. The topological polar surface area (TPSA) is 70.7 Å². The third kappa shape index (κ3) is 4.62. The molecule has 3 atom stereocenters. The van der Waals surface area contributed by atoms with E-state index in [0.717, 1.165) is 25.7 Å². The summed E-state index contributed by atoms with van der Waals surface area (Å²) in [5.74, 6) is -0.936. The summed E-state index contributed by atoms with van der Waals surface area (Å²) in [6.07, 6.45) is 5.34. The first kappa shape index (κ1) is 23.4. The lowest BCUT2D eigenvalue weighted by Gasteiger charge is -2.37. The van der Waals surface area contributed by atoms with Gasteiger partial charge in [0.25, 0.3) is 5.91 Å². The van der Waals surface area contributed by atoms with Crippen LogP contribution in [-0.2, 0) is 22.5 Å². The number of fused-ring (bicyclic) bond motifs is 1. The number of allylic oxidation sites excluding steroid dienone is 1. The minimum absolute atomic E-state index is 0.0953. The number of hydrogen-bond acceptors (Lipinski definition) is 4. The van der Waals surface area contributed by atoms with E-state index in [1.165, 1.54) is 4.90 Å². The van der Waals surface area contributed by atoms with Gasteiger partial charge in [-0.15, -0.1) is 0 Å². The fraction of sp³-hybridized carbons (Fsp3) is 0.615. The van der Waals surface area contributed by atoms with Crippen LogP contribution < -0.4 is 10.6 Å². The minimum Gasteiger partial charge on any atom is -0.376 e. The Morgan fingerprint density at radius 2 is 1.94 bits per heavy atom. The van der Waals surface area contributed by atoms with Gasteiger partial charge in [-0.1, -0.05) is 12.6 Å². The first-order chi connectivity index (χ1) is 16.4. The van der Waals surface area contributed by atoms with Crippen molar-refractivity contribution in [2.24, 2.45) is 0 Å². The molecule has 4 aliphatic rings. The predicted octanol–water partition coefficient (Wildman–Crippen LogP) is 3.53. The van der Waals surface area contributed by atoms with Crippen molar-refractivity contribution in [2.75, 3.05) is 6.61 Å². The number of nitrogens with zero attached hydrogens (tertiary/aromatic N) is 1. The van der Waals surface area contributed by atoms with E-state index in [4.69, 9.17) is 4.74 Å². The van der Waals surface area contributed by atoms with Gasteiger partial charge in [-0.2, -0.15) is 0 Å². The molecular weight excluding hydrogens is 440 g/mol. The maximum atomic E-state index is 15.6. The number of ether oxygens (including phenoxy) is 1. The van der Waals surface area contributed by atoms with Crippen molar-refractivity contribution in [1.29, 1.82) is 0 Å². The Kier molecular flexibility index (Phi) is 6.71. The smallest absolute Gasteiger partial charge is 0.255 e. The summed E-state index contributed by atoms with van der Waals surface area (Å²) in [5.41, 5.74) is 1.87. The molecule has 1 aliphatic carbocycles. The Morgan fingerprint density at radius 1 is 1.15 bits per heavy atom. The number of nitrogens with one attached hydrogen (secondary N) is 2. The summed E-state index contributed by atoms with van der Waals surface area (Å²) in [6.45, 7) is 4.52. The SMILES string of the molecule is C=C1CC[C@@H](N2Cc3c(ccc(C[C@H]4OCCC[C@@H]4N[C@H]4CC[C@@H](F)CC4)c3F)C2=O)C(=O)N1. The lowest BCUT2D eigenvalue weighted by molar-refractivity contribution is -0.126. The second kappa shape index (κ2) is 9.74. The number of amides is 2. The normalized spacial score (nSPS) is 32.0. The molecule has 0 spiro atoms. The van der Waals surface area contributed by atoms with Gasteiger partial charge >= 0.3 is 0 Å². The van der Waals surface area contributed by atoms with E-state index in [1.54, 1.807) is 12.1 Å². The van der Waals surface area contributed by atoms with Gasteiger partial charge in [0.15, 0.2) is 0 Å². The second-order valence-corrected chi connectivity index (χ2v) is 10.1. The Labute approximate surface area is 199 Å². The molecule has 5 rings (SSSR count). The van der Waals surface area contributed by atoms with Crippen molar-refractivity contribution in [1.82, 2.24) is 15.5 Å². The second-order valence-electron chi connectivity index (χ2n) is 10.1. The molecule has 2 N–H and O–H groups in total. The number of alkyl halides is 1. The van der Waals surface area contributed by atoms with Crippen LogP contribution in [0, 0.1) is 5.82 Å². The minimum atomic E-state index is -0.697. The highest BCUT2D eigenvalue weighted by molar-refractivity contribution is 6.01. The molecule has 2 saturated heterocycles. The highest BCUT2D eigenvalue weighted by atomic mass is 19.1. The number of benzene rings is 1. The Balaban J connectivity index is 1.29. The quantitative estimate of drug-likeness (QED) is 0.687. The first-order valence-corrected chi connectivity index (χ1v) is 12.5. The molecule has 8 heteroatoms. The van der Waals surface area contributed by atoms with Crippen molar-refractivity contribution < 1.29 is 23.1 Å². The van der Waals surface area contributed by atoms with Gasteiger partial charge in [0.1, 0.15) is 18.0 Å². The van der Waals surface area contributed by atoms with Gasteiger partial charge in [-0.05, 0) is 63.0 Å². The van der Waals surface area contributed by atoms with Crippen molar-refractivity contribution in [3.63, 3.8) is 0 Å². The predicted molar refractivity (Wildman–Crippen MR) is 123 cm³/mol. The van der Waals surface area contributed by atoms with E-state index in [9.17, 15) is 14.0 Å². The molecule has 0 radical (unpaired) electrons. The molecule has 3 aliphatic heterocycles. The summed E-state index contributed by atoms with van der Waals surface area (Å²) in [7, 11) is 0. The number of piperidine rings is 1. The fourth-order valence-corrected chi connectivity index (χ4v) is 5.86. The van der Waals surface area contributed by atoms with Gasteiger partial charge in [0, 0.05) is 41.9 Å². The largest absolute Gasteiger partial charge is 0.376 e. The van der Waals surface area contributed by atoms with Crippen molar-refractivity contribution in [2.45, 2.75) is 94.7 Å². The summed E-state index contributed by atoms with van der Waals surface area (Å²) >= 11 is 0. The van der Waals surface area contributed by atoms with Crippen LogP contribution >= 0.6 is 0 Å². The van der Waals surface area contributed by atoms with E-state index in [-0.39, 0.29) is 42.4 Å². The first-order valence-electron chi connectivity index (χ1n) is 12.5. The summed E-state index contributed by atoms with van der Waals surface area (Å²) in [5, 5.41) is 6.37. The molecule has 0 unspecified atom stereocenters. The lowest BCUT2D eigenvalue weighted by atomic mass is 9.90. The highest BCUT2D eigenvalue weighted by Gasteiger charge is 2.40. The van der Waals surface area contributed by atoms with E-state index >= 15 is 4.39 Å². The molecule has 1 saturated carbocycles. The van der Waals surface area contributed by atoms with Crippen LogP contribution in [0.15, 0.2) is 24.4 Å². The Morgan fingerprint density at radius 3 is 2.71 bits per heavy atom. The van der Waals surface area contributed by atoms with Crippen LogP contribution in [-0.4, -0.2) is 53.7 Å². The molecule has 3 heterocycles. The van der Waals surface area contributed by atoms with E-state index in [1.807, 2.05) is 0 Å². The van der Waals surface area contributed by atoms with Crippen molar-refractivity contribution >= 4 is 11.8 Å². The Bertz CT molecular complexity index is 976. The highest BCUT2D eigenvalue weighted by Crippen LogP contribution is 2.33. The molecule has 0 aromatic heterocycles. The lowest BCUT2D eigenvalue weighted by Crippen LogP contribution is -2.50. The molecular formula is C26H33F2N3O3. The van der Waals surface area contributed by atoms with Crippen LogP contribution in [0.1, 0.15) is 72.9 Å². The summed E-state index contributed by atoms with van der Waals surface area (Å²) < 4.78 is 35.2.